The van der Waals surface area contributed by atoms with Gasteiger partial charge in [-0.25, -0.2) is 8.42 Å². The molecular weight excluding hydrogens is 284 g/mol. The largest absolute Gasteiger partial charge is 0.497 e. The normalized spacial score (nSPS) is 27.4. The molecule has 0 aromatic heterocycles. The number of benzene rings is 1. The van der Waals surface area contributed by atoms with Crippen LogP contribution in [0.5, 0.6) is 5.75 Å². The van der Waals surface area contributed by atoms with Crippen molar-refractivity contribution in [3.05, 3.63) is 53.0 Å². The standard InChI is InChI=1S/C17H20O3S/c1-20-15-9-7-14(8-10-15)17-12-11-16(21(17,18)19)13-5-3-2-4-6-13/h2-3,7-11,13,17H,4-6,12H2,1H3. The fourth-order valence-electron chi connectivity index (χ4n) is 3.22. The topological polar surface area (TPSA) is 43.4 Å². The predicted molar refractivity (Wildman–Crippen MR) is 83.8 cm³/mol. The van der Waals surface area contributed by atoms with Gasteiger partial charge in [-0.05, 0) is 49.3 Å². The third-order valence-corrected chi connectivity index (χ3v) is 6.77. The summed E-state index contributed by atoms with van der Waals surface area (Å²) in [5.74, 6) is 0.919. The van der Waals surface area contributed by atoms with E-state index in [0.717, 1.165) is 30.6 Å². The van der Waals surface area contributed by atoms with E-state index in [1.807, 2.05) is 30.3 Å². The van der Waals surface area contributed by atoms with Crippen molar-refractivity contribution in [3.8, 4) is 5.75 Å². The zero-order valence-corrected chi connectivity index (χ0v) is 13.0. The van der Waals surface area contributed by atoms with Crippen molar-refractivity contribution in [1.82, 2.24) is 0 Å². The summed E-state index contributed by atoms with van der Waals surface area (Å²) in [5.41, 5.74) is 0.855. The first-order valence-electron chi connectivity index (χ1n) is 7.36. The predicted octanol–water partition coefficient (Wildman–Crippen LogP) is 3.80. The summed E-state index contributed by atoms with van der Waals surface area (Å²) in [6, 6.07) is 7.37. The molecule has 1 aliphatic heterocycles. The van der Waals surface area contributed by atoms with Crippen LogP contribution in [0, 0.1) is 5.92 Å². The first-order valence-corrected chi connectivity index (χ1v) is 8.90. The Hall–Kier alpha value is -1.55. The average molecular weight is 304 g/mol. The molecule has 2 atom stereocenters. The first kappa shape index (κ1) is 14.4. The maximum Gasteiger partial charge on any atom is 0.181 e. The van der Waals surface area contributed by atoms with Gasteiger partial charge in [-0.2, -0.15) is 0 Å². The quantitative estimate of drug-likeness (QED) is 0.798. The molecular formula is C17H20O3S. The van der Waals surface area contributed by atoms with Gasteiger partial charge in [-0.1, -0.05) is 30.4 Å². The van der Waals surface area contributed by atoms with Crippen LogP contribution < -0.4 is 4.74 Å². The Bertz CT molecular complexity index is 668. The molecule has 1 aromatic carbocycles. The molecule has 2 unspecified atom stereocenters. The lowest BCUT2D eigenvalue weighted by molar-refractivity contribution is 0.414. The average Bonchev–Trinajstić information content (AvgIpc) is 2.83. The van der Waals surface area contributed by atoms with Gasteiger partial charge >= 0.3 is 0 Å². The minimum absolute atomic E-state index is 0.170. The van der Waals surface area contributed by atoms with E-state index >= 15 is 0 Å². The van der Waals surface area contributed by atoms with Gasteiger partial charge < -0.3 is 4.74 Å². The molecule has 1 aliphatic carbocycles. The molecule has 0 saturated carbocycles. The number of allylic oxidation sites excluding steroid dienone is 4. The molecule has 21 heavy (non-hydrogen) atoms. The van der Waals surface area contributed by atoms with Crippen molar-refractivity contribution in [2.45, 2.75) is 30.9 Å². The van der Waals surface area contributed by atoms with Gasteiger partial charge in [0.1, 0.15) is 5.75 Å². The Morgan fingerprint density at radius 2 is 1.86 bits per heavy atom. The van der Waals surface area contributed by atoms with Gasteiger partial charge in [0.05, 0.1) is 12.4 Å². The fourth-order valence-corrected chi connectivity index (χ4v) is 5.42. The molecule has 2 aliphatic rings. The number of rotatable bonds is 3. The summed E-state index contributed by atoms with van der Waals surface area (Å²) in [6.45, 7) is 0. The fraction of sp³-hybridized carbons (Fsp3) is 0.412. The van der Waals surface area contributed by atoms with Crippen LogP contribution in [0.3, 0.4) is 0 Å². The zero-order chi connectivity index (χ0) is 14.9. The van der Waals surface area contributed by atoms with Crippen LogP contribution in [0.1, 0.15) is 36.5 Å². The monoisotopic (exact) mass is 304 g/mol. The molecule has 1 heterocycles. The highest BCUT2D eigenvalue weighted by atomic mass is 32.2. The lowest BCUT2D eigenvalue weighted by atomic mass is 9.93. The van der Waals surface area contributed by atoms with Crippen LogP contribution in [0.4, 0.5) is 0 Å². The Morgan fingerprint density at radius 1 is 1.10 bits per heavy atom. The Labute approximate surface area is 126 Å². The van der Waals surface area contributed by atoms with Gasteiger partial charge in [-0.3, -0.25) is 0 Å². The Kier molecular flexibility index (Phi) is 3.89. The minimum Gasteiger partial charge on any atom is -0.497 e. The highest BCUT2D eigenvalue weighted by Crippen LogP contribution is 2.43. The van der Waals surface area contributed by atoms with E-state index in [0.29, 0.717) is 11.3 Å². The van der Waals surface area contributed by atoms with Crippen LogP contribution in [0.15, 0.2) is 47.4 Å². The van der Waals surface area contributed by atoms with Crippen molar-refractivity contribution in [2.75, 3.05) is 7.11 Å². The molecule has 3 nitrogen and oxygen atoms in total. The maximum absolute atomic E-state index is 12.8. The molecule has 4 heteroatoms. The van der Waals surface area contributed by atoms with Gasteiger partial charge in [0, 0.05) is 4.91 Å². The van der Waals surface area contributed by atoms with Crippen molar-refractivity contribution in [3.63, 3.8) is 0 Å². The molecule has 0 bridgehead atoms. The van der Waals surface area contributed by atoms with Crippen LogP contribution in [-0.4, -0.2) is 15.5 Å². The second-order valence-electron chi connectivity index (χ2n) is 5.63. The summed E-state index contributed by atoms with van der Waals surface area (Å²) in [5, 5.41) is -0.427. The smallest absolute Gasteiger partial charge is 0.181 e. The molecule has 0 saturated heterocycles. The molecule has 0 radical (unpaired) electrons. The summed E-state index contributed by atoms with van der Waals surface area (Å²) in [4.78, 5) is 0.660. The van der Waals surface area contributed by atoms with Crippen LogP contribution >= 0.6 is 0 Å². The van der Waals surface area contributed by atoms with Crippen molar-refractivity contribution in [1.29, 1.82) is 0 Å². The van der Waals surface area contributed by atoms with Crippen molar-refractivity contribution in [2.24, 2.45) is 5.92 Å². The third-order valence-electron chi connectivity index (χ3n) is 4.40. The molecule has 3 rings (SSSR count). The van der Waals surface area contributed by atoms with Gasteiger partial charge in [0.2, 0.25) is 0 Å². The van der Waals surface area contributed by atoms with Crippen LogP contribution in [0.25, 0.3) is 0 Å². The summed E-state index contributed by atoms with van der Waals surface area (Å²) >= 11 is 0. The van der Waals surface area contributed by atoms with Crippen molar-refractivity contribution < 1.29 is 13.2 Å². The molecule has 1 aromatic rings. The second kappa shape index (κ2) is 5.68. The Morgan fingerprint density at radius 3 is 2.48 bits per heavy atom. The molecule has 0 fully saturated rings. The number of sulfone groups is 1. The number of hydrogen-bond acceptors (Lipinski definition) is 3. The first-order chi connectivity index (χ1) is 10.1. The van der Waals surface area contributed by atoms with E-state index in [9.17, 15) is 8.42 Å². The van der Waals surface area contributed by atoms with E-state index in [1.165, 1.54) is 0 Å². The molecule has 0 N–H and O–H groups in total. The highest BCUT2D eigenvalue weighted by Gasteiger charge is 2.38. The SMILES string of the molecule is COc1ccc(C2CC=C(C3CC=CCC3)S2(=O)=O)cc1. The van der Waals surface area contributed by atoms with E-state index < -0.39 is 15.1 Å². The van der Waals surface area contributed by atoms with E-state index in [2.05, 4.69) is 12.2 Å². The lowest BCUT2D eigenvalue weighted by Gasteiger charge is -2.20. The molecule has 0 amide bonds. The highest BCUT2D eigenvalue weighted by molar-refractivity contribution is 7.95. The van der Waals surface area contributed by atoms with Gasteiger partial charge in [0.15, 0.2) is 9.84 Å². The van der Waals surface area contributed by atoms with E-state index in [1.54, 1.807) is 7.11 Å². The summed E-state index contributed by atoms with van der Waals surface area (Å²) in [6.07, 6.45) is 9.53. The number of ether oxygens (including phenoxy) is 1. The molecule has 0 spiro atoms. The van der Waals surface area contributed by atoms with E-state index in [-0.39, 0.29) is 5.92 Å². The van der Waals surface area contributed by atoms with E-state index in [4.69, 9.17) is 4.74 Å². The van der Waals surface area contributed by atoms with Crippen LogP contribution in [0.2, 0.25) is 0 Å². The Balaban J connectivity index is 1.85. The lowest BCUT2D eigenvalue weighted by Crippen LogP contribution is -2.16. The maximum atomic E-state index is 12.8. The molecule has 112 valence electrons. The third kappa shape index (κ3) is 2.64. The summed E-state index contributed by atoms with van der Waals surface area (Å²) < 4.78 is 30.8. The van der Waals surface area contributed by atoms with Crippen molar-refractivity contribution >= 4 is 9.84 Å². The van der Waals surface area contributed by atoms with Crippen LogP contribution in [-0.2, 0) is 9.84 Å². The summed E-state index contributed by atoms with van der Waals surface area (Å²) in [7, 11) is -1.61. The zero-order valence-electron chi connectivity index (χ0n) is 12.2. The second-order valence-corrected chi connectivity index (χ2v) is 7.76. The van der Waals surface area contributed by atoms with Gasteiger partial charge in [-0.15, -0.1) is 0 Å². The van der Waals surface area contributed by atoms with Gasteiger partial charge in [0.25, 0.3) is 0 Å². The minimum atomic E-state index is -3.21. The number of hydrogen-bond donors (Lipinski definition) is 0. The number of methoxy groups -OCH3 is 1.